The number of anilines is 1. The minimum atomic E-state index is -0.103. The van der Waals surface area contributed by atoms with Gasteiger partial charge < -0.3 is 10.2 Å². The molecule has 154 valence electrons. The number of rotatable bonds is 2. The first-order valence-electron chi connectivity index (χ1n) is 10.1. The van der Waals surface area contributed by atoms with E-state index in [0.717, 1.165) is 22.4 Å². The maximum absolute atomic E-state index is 12.5. The summed E-state index contributed by atoms with van der Waals surface area (Å²) in [7, 11) is 2.13. The number of aliphatic imine (C=N–C) groups is 1. The number of amides is 1. The van der Waals surface area contributed by atoms with Gasteiger partial charge in [-0.25, -0.2) is 4.99 Å². The number of likely N-dealkylation sites (N-methyl/N-ethyl adjacent to an activating group) is 1. The smallest absolute Gasteiger partial charge is 0.264 e. The second-order valence-electron chi connectivity index (χ2n) is 8.59. The summed E-state index contributed by atoms with van der Waals surface area (Å²) in [6, 6.07) is 12.4. The van der Waals surface area contributed by atoms with Gasteiger partial charge in [0.2, 0.25) is 0 Å². The third-order valence-electron chi connectivity index (χ3n) is 5.77. The van der Waals surface area contributed by atoms with E-state index in [0.29, 0.717) is 10.1 Å². The Balaban J connectivity index is 1.67. The Labute approximate surface area is 182 Å². The van der Waals surface area contributed by atoms with Gasteiger partial charge >= 0.3 is 0 Å². The minimum Gasteiger partial charge on any atom is -0.365 e. The zero-order valence-corrected chi connectivity index (χ0v) is 19.1. The van der Waals surface area contributed by atoms with Gasteiger partial charge in [-0.2, -0.15) is 0 Å². The van der Waals surface area contributed by atoms with Gasteiger partial charge in [0.05, 0.1) is 16.1 Å². The second-order valence-corrected chi connectivity index (χ2v) is 9.62. The molecule has 1 N–H and O–H groups in total. The van der Waals surface area contributed by atoms with Crippen molar-refractivity contribution in [1.29, 1.82) is 0 Å². The maximum Gasteiger partial charge on any atom is 0.264 e. The molecule has 2 aromatic carbocycles. The lowest BCUT2D eigenvalue weighted by molar-refractivity contribution is -0.115. The Morgan fingerprint density at radius 1 is 1.13 bits per heavy atom. The van der Waals surface area contributed by atoms with E-state index in [9.17, 15) is 4.79 Å². The molecule has 0 aromatic heterocycles. The van der Waals surface area contributed by atoms with Crippen molar-refractivity contribution >= 4 is 45.9 Å². The number of aryl methyl sites for hydroxylation is 2. The van der Waals surface area contributed by atoms with Crippen LogP contribution in [0.1, 0.15) is 43.0 Å². The summed E-state index contributed by atoms with van der Waals surface area (Å²) >= 11 is 1.39. The molecule has 0 radical (unpaired) electrons. The van der Waals surface area contributed by atoms with Crippen molar-refractivity contribution in [2.45, 2.75) is 40.2 Å². The molecule has 2 heterocycles. The number of benzene rings is 2. The standard InChI is InChI=1S/C25H27N3OS/c1-15-8-7-9-19(10-15)26-24-27-23(29)22(30-24)13-18-12-20-17(3)14-25(4,5)28(6)21(20)11-16(18)2/h7-14H,1-6H3,(H,26,27,29)/b22-13-. The Hall–Kier alpha value is -2.79. The molecule has 0 saturated carbocycles. The van der Waals surface area contributed by atoms with Crippen LogP contribution < -0.4 is 10.2 Å². The van der Waals surface area contributed by atoms with Crippen molar-refractivity contribution in [3.63, 3.8) is 0 Å². The molecule has 1 saturated heterocycles. The summed E-state index contributed by atoms with van der Waals surface area (Å²) in [4.78, 5) is 20.1. The average Bonchev–Trinajstić information content (AvgIpc) is 2.99. The molecular formula is C25H27N3OS. The Kier molecular flexibility index (Phi) is 5.10. The lowest BCUT2D eigenvalue weighted by atomic mass is 9.87. The maximum atomic E-state index is 12.5. The molecule has 30 heavy (non-hydrogen) atoms. The average molecular weight is 418 g/mol. The van der Waals surface area contributed by atoms with Crippen molar-refractivity contribution < 1.29 is 4.79 Å². The van der Waals surface area contributed by atoms with Crippen LogP contribution in [0.15, 0.2) is 52.4 Å². The summed E-state index contributed by atoms with van der Waals surface area (Å²) in [5, 5.41) is 3.50. The number of hydrogen-bond donors (Lipinski definition) is 1. The first-order chi connectivity index (χ1) is 14.1. The SMILES string of the molecule is CC1=CC(C)(C)N(C)c2cc(C)c(/C=C3\SC(=Nc4cccc(C)c4)NC3=O)cc21. The van der Waals surface area contributed by atoms with Gasteiger partial charge in [-0.3, -0.25) is 4.79 Å². The van der Waals surface area contributed by atoms with Gasteiger partial charge in [0.15, 0.2) is 5.17 Å². The first kappa shape index (κ1) is 20.5. The van der Waals surface area contributed by atoms with Crippen molar-refractivity contribution in [3.8, 4) is 0 Å². The number of carbonyl (C=O) groups is 1. The van der Waals surface area contributed by atoms with E-state index in [1.165, 1.54) is 28.6 Å². The van der Waals surface area contributed by atoms with Crippen LogP contribution in [0.2, 0.25) is 0 Å². The summed E-state index contributed by atoms with van der Waals surface area (Å²) in [5.41, 5.74) is 7.87. The van der Waals surface area contributed by atoms with Crippen molar-refractivity contribution in [2.24, 2.45) is 4.99 Å². The van der Waals surface area contributed by atoms with Gasteiger partial charge in [-0.15, -0.1) is 0 Å². The van der Waals surface area contributed by atoms with E-state index >= 15 is 0 Å². The molecule has 0 bridgehead atoms. The van der Waals surface area contributed by atoms with Crippen LogP contribution >= 0.6 is 11.8 Å². The zero-order valence-electron chi connectivity index (χ0n) is 18.3. The van der Waals surface area contributed by atoms with Crippen LogP contribution in [0.4, 0.5) is 11.4 Å². The van der Waals surface area contributed by atoms with Gasteiger partial charge in [0.25, 0.3) is 5.91 Å². The van der Waals surface area contributed by atoms with E-state index in [1.807, 2.05) is 37.3 Å². The number of thioether (sulfide) groups is 1. The molecule has 2 aromatic rings. The van der Waals surface area contributed by atoms with Gasteiger partial charge in [0, 0.05) is 18.3 Å². The molecule has 1 amide bonds. The highest BCUT2D eigenvalue weighted by Crippen LogP contribution is 2.40. The van der Waals surface area contributed by atoms with Crippen LogP contribution in [0.5, 0.6) is 0 Å². The second kappa shape index (κ2) is 7.47. The molecule has 4 rings (SSSR count). The Morgan fingerprint density at radius 3 is 2.63 bits per heavy atom. The number of nitrogens with zero attached hydrogens (tertiary/aromatic N) is 2. The largest absolute Gasteiger partial charge is 0.365 e. The molecule has 1 fully saturated rings. The fraction of sp³-hybridized carbons (Fsp3) is 0.280. The predicted molar refractivity (Wildman–Crippen MR) is 129 cm³/mol. The van der Waals surface area contributed by atoms with Crippen LogP contribution in [0, 0.1) is 13.8 Å². The van der Waals surface area contributed by atoms with E-state index in [4.69, 9.17) is 0 Å². The summed E-state index contributed by atoms with van der Waals surface area (Å²) in [6.45, 7) is 10.7. The Bertz CT molecular complexity index is 1140. The Morgan fingerprint density at radius 2 is 1.90 bits per heavy atom. The lowest BCUT2D eigenvalue weighted by Crippen LogP contribution is -2.42. The lowest BCUT2D eigenvalue weighted by Gasteiger charge is -2.41. The molecule has 0 unspecified atom stereocenters. The van der Waals surface area contributed by atoms with Crippen LogP contribution in [0.3, 0.4) is 0 Å². The van der Waals surface area contributed by atoms with Gasteiger partial charge in [-0.1, -0.05) is 18.2 Å². The highest BCUT2D eigenvalue weighted by atomic mass is 32.2. The molecule has 2 aliphatic rings. The fourth-order valence-corrected chi connectivity index (χ4v) is 4.74. The number of nitrogens with one attached hydrogen (secondary N) is 1. The third-order valence-corrected chi connectivity index (χ3v) is 6.68. The fourth-order valence-electron chi connectivity index (χ4n) is 3.91. The monoisotopic (exact) mass is 417 g/mol. The zero-order chi connectivity index (χ0) is 21.6. The van der Waals surface area contributed by atoms with Crippen LogP contribution in [0.25, 0.3) is 11.6 Å². The molecular weight excluding hydrogens is 390 g/mol. The van der Waals surface area contributed by atoms with Crippen molar-refractivity contribution in [2.75, 3.05) is 11.9 Å². The topological polar surface area (TPSA) is 44.7 Å². The van der Waals surface area contributed by atoms with E-state index in [1.54, 1.807) is 0 Å². The molecule has 4 nitrogen and oxygen atoms in total. The highest BCUT2D eigenvalue weighted by Gasteiger charge is 2.29. The summed E-state index contributed by atoms with van der Waals surface area (Å²) in [6.07, 6.45) is 4.27. The number of hydrogen-bond acceptors (Lipinski definition) is 4. The highest BCUT2D eigenvalue weighted by molar-refractivity contribution is 8.18. The predicted octanol–water partition coefficient (Wildman–Crippen LogP) is 5.83. The molecule has 2 aliphatic heterocycles. The van der Waals surface area contributed by atoms with E-state index in [2.05, 4.69) is 68.2 Å². The van der Waals surface area contributed by atoms with Crippen molar-refractivity contribution in [1.82, 2.24) is 5.32 Å². The number of fused-ring (bicyclic) bond motifs is 1. The summed E-state index contributed by atoms with van der Waals surface area (Å²) < 4.78 is 0. The van der Waals surface area contributed by atoms with Crippen LogP contribution in [-0.2, 0) is 4.79 Å². The molecule has 0 spiro atoms. The number of allylic oxidation sites excluding steroid dienone is 1. The number of amidine groups is 1. The summed E-state index contributed by atoms with van der Waals surface area (Å²) in [5.74, 6) is -0.103. The van der Waals surface area contributed by atoms with E-state index < -0.39 is 0 Å². The molecule has 0 aliphatic carbocycles. The third kappa shape index (κ3) is 3.82. The molecule has 0 atom stereocenters. The van der Waals surface area contributed by atoms with Gasteiger partial charge in [-0.05, 0) is 99.0 Å². The number of carbonyl (C=O) groups excluding carboxylic acids is 1. The quantitative estimate of drug-likeness (QED) is 0.626. The molecule has 5 heteroatoms. The normalized spacial score (nSPS) is 20.4. The van der Waals surface area contributed by atoms with Gasteiger partial charge in [0.1, 0.15) is 0 Å². The van der Waals surface area contributed by atoms with Crippen molar-refractivity contribution in [3.05, 3.63) is 69.6 Å². The minimum absolute atomic E-state index is 0.0220. The first-order valence-corrected chi connectivity index (χ1v) is 10.9. The van der Waals surface area contributed by atoms with E-state index in [-0.39, 0.29) is 11.4 Å². The van der Waals surface area contributed by atoms with Crippen LogP contribution in [-0.4, -0.2) is 23.7 Å².